The highest BCUT2D eigenvalue weighted by Gasteiger charge is 2.29. The summed E-state index contributed by atoms with van der Waals surface area (Å²) in [4.78, 5) is 10.7. The van der Waals surface area contributed by atoms with E-state index in [1.807, 2.05) is 13.8 Å². The number of carbonyl (C=O) groups excluding carboxylic acids is 1. The van der Waals surface area contributed by atoms with Crippen LogP contribution in [0.3, 0.4) is 0 Å². The van der Waals surface area contributed by atoms with Crippen molar-refractivity contribution in [1.82, 2.24) is 0 Å². The van der Waals surface area contributed by atoms with Gasteiger partial charge in [0.2, 0.25) is 0 Å². The van der Waals surface area contributed by atoms with E-state index in [1.165, 1.54) is 19.1 Å². The van der Waals surface area contributed by atoms with Crippen molar-refractivity contribution in [2.75, 3.05) is 0 Å². The van der Waals surface area contributed by atoms with Crippen LogP contribution in [0.5, 0.6) is 0 Å². The van der Waals surface area contributed by atoms with Gasteiger partial charge >= 0.3 is 6.18 Å². The summed E-state index contributed by atoms with van der Waals surface area (Å²) in [5.41, 5.74) is -0.453. The number of carbonyl (C=O) groups is 1. The summed E-state index contributed by atoms with van der Waals surface area (Å²) in [6.45, 7) is 5.31. The molecule has 0 aliphatic carbocycles. The molecule has 0 spiro atoms. The molecular formula is C11H18F3NO3S. The predicted molar refractivity (Wildman–Crippen MR) is 71.2 cm³/mol. The average Bonchev–Trinajstić information content (AvgIpc) is 2.44. The largest absolute Gasteiger partial charge is 0.416 e. The smallest absolute Gasteiger partial charge is 0.295 e. The van der Waals surface area contributed by atoms with E-state index in [-0.39, 0.29) is 11.3 Å². The van der Waals surface area contributed by atoms with E-state index in [4.69, 9.17) is 10.5 Å². The van der Waals surface area contributed by atoms with Crippen LogP contribution < -0.4 is 5.14 Å². The first-order valence-corrected chi connectivity index (χ1v) is 5.57. The molecule has 112 valence electrons. The summed E-state index contributed by atoms with van der Waals surface area (Å²) in [5, 5.41) is 16.2. The zero-order chi connectivity index (χ0) is 16.1. The monoisotopic (exact) mass is 301 g/mol. The van der Waals surface area contributed by atoms with Gasteiger partial charge in [0.1, 0.15) is 0 Å². The van der Waals surface area contributed by atoms with Crippen molar-refractivity contribution in [1.29, 1.82) is 0 Å². The molecule has 0 aromatic heterocycles. The molecule has 0 heterocycles. The number of Topliss-reactive ketones (excluding diaryl/α,β-unsaturated/α-hetero) is 1. The van der Waals surface area contributed by atoms with Gasteiger partial charge in [-0.1, -0.05) is 26.0 Å². The van der Waals surface area contributed by atoms with Crippen LogP contribution in [0, 0.1) is 0 Å². The van der Waals surface area contributed by atoms with Crippen LogP contribution >= 0.6 is 12.8 Å². The first-order valence-electron chi connectivity index (χ1n) is 5.05. The third-order valence-corrected chi connectivity index (χ3v) is 1.62. The van der Waals surface area contributed by atoms with E-state index in [0.717, 1.165) is 12.1 Å². The minimum absolute atomic E-state index is 0.242. The van der Waals surface area contributed by atoms with E-state index in [9.17, 15) is 18.0 Å². The van der Waals surface area contributed by atoms with Crippen LogP contribution in [0.4, 0.5) is 13.2 Å². The summed E-state index contributed by atoms with van der Waals surface area (Å²) >= 11 is 3.03. The van der Waals surface area contributed by atoms with Gasteiger partial charge < -0.3 is 0 Å². The number of thiol groups is 1. The van der Waals surface area contributed by atoms with Crippen molar-refractivity contribution in [3.8, 4) is 0 Å². The molecule has 0 aliphatic rings. The Morgan fingerprint density at radius 1 is 1.11 bits per heavy atom. The Morgan fingerprint density at radius 3 is 1.63 bits per heavy atom. The van der Waals surface area contributed by atoms with Crippen molar-refractivity contribution >= 4 is 18.6 Å². The second kappa shape index (κ2) is 13.3. The van der Waals surface area contributed by atoms with Crippen molar-refractivity contribution in [2.45, 2.75) is 26.9 Å². The van der Waals surface area contributed by atoms with Gasteiger partial charge in [-0.15, -0.1) is 12.8 Å². The predicted octanol–water partition coefficient (Wildman–Crippen LogP) is 3.74. The molecule has 0 atom stereocenters. The number of halogens is 3. The van der Waals surface area contributed by atoms with E-state index < -0.39 is 11.7 Å². The Balaban J connectivity index is -0.000000375. The van der Waals surface area contributed by atoms with Crippen molar-refractivity contribution in [2.24, 2.45) is 5.14 Å². The molecule has 0 unspecified atom stereocenters. The van der Waals surface area contributed by atoms with Gasteiger partial charge in [-0.05, 0) is 19.1 Å². The van der Waals surface area contributed by atoms with Crippen LogP contribution in [0.15, 0.2) is 24.3 Å². The number of alkyl halides is 3. The molecule has 1 aromatic rings. The minimum Gasteiger partial charge on any atom is -0.295 e. The number of hydrogen-bond donors (Lipinski definition) is 4. The fourth-order valence-corrected chi connectivity index (χ4v) is 0.894. The number of benzene rings is 1. The van der Waals surface area contributed by atoms with E-state index in [2.05, 4.69) is 18.0 Å². The SMILES string of the molecule is CC.CC(=O)c1ccc(C(F)(F)F)cc1.NS.OO. The Morgan fingerprint density at radius 2 is 1.42 bits per heavy atom. The number of nitrogens with two attached hydrogens (primary N) is 1. The van der Waals surface area contributed by atoms with Gasteiger partial charge in [0.15, 0.2) is 5.78 Å². The summed E-state index contributed by atoms with van der Waals surface area (Å²) in [7, 11) is 0. The third-order valence-electron chi connectivity index (χ3n) is 1.62. The Kier molecular flexibility index (Phi) is 16.2. The molecule has 0 bridgehead atoms. The zero-order valence-corrected chi connectivity index (χ0v) is 11.7. The molecule has 4 nitrogen and oxygen atoms in total. The van der Waals surface area contributed by atoms with Gasteiger partial charge in [0, 0.05) is 5.56 Å². The molecule has 1 aromatic carbocycles. The van der Waals surface area contributed by atoms with Gasteiger partial charge in [-0.25, -0.2) is 0 Å². The molecule has 0 aliphatic heterocycles. The first-order chi connectivity index (χ1) is 8.91. The zero-order valence-electron chi connectivity index (χ0n) is 10.8. The second-order valence-corrected chi connectivity index (χ2v) is 2.63. The Bertz CT molecular complexity index is 329. The lowest BCUT2D eigenvalue weighted by Crippen LogP contribution is -2.05. The summed E-state index contributed by atoms with van der Waals surface area (Å²) in [5.74, 6) is -0.242. The maximum Gasteiger partial charge on any atom is 0.416 e. The summed E-state index contributed by atoms with van der Waals surface area (Å²) in [6, 6.07) is 4.14. The van der Waals surface area contributed by atoms with Crippen molar-refractivity contribution in [3.05, 3.63) is 35.4 Å². The van der Waals surface area contributed by atoms with Crippen LogP contribution in [0.25, 0.3) is 0 Å². The first kappa shape index (κ1) is 23.0. The second-order valence-electron chi connectivity index (χ2n) is 2.63. The van der Waals surface area contributed by atoms with Gasteiger partial charge in [0.05, 0.1) is 5.56 Å². The quantitative estimate of drug-likeness (QED) is 0.275. The molecule has 0 saturated carbocycles. The molecule has 1 rings (SSSR count). The maximum absolute atomic E-state index is 12.0. The highest BCUT2D eigenvalue weighted by atomic mass is 32.1. The van der Waals surface area contributed by atoms with Crippen molar-refractivity contribution < 1.29 is 28.5 Å². The summed E-state index contributed by atoms with van der Waals surface area (Å²) in [6.07, 6.45) is -4.34. The van der Waals surface area contributed by atoms with Crippen LogP contribution in [0.1, 0.15) is 36.7 Å². The normalized spacial score (nSPS) is 8.74. The molecule has 0 saturated heterocycles. The number of hydrogen-bond acceptors (Lipinski definition) is 5. The number of ketones is 1. The standard InChI is InChI=1S/C9H7F3O.C2H6.H3NS.H2O2/c1-6(13)7-2-4-8(5-3-7)9(10,11)12;3*1-2/h2-5H,1H3;1-2H3;2H,1H2;1-2H. The van der Waals surface area contributed by atoms with E-state index >= 15 is 0 Å². The highest BCUT2D eigenvalue weighted by Crippen LogP contribution is 2.28. The van der Waals surface area contributed by atoms with Crippen LogP contribution in [-0.4, -0.2) is 16.3 Å². The molecule has 0 fully saturated rings. The Labute approximate surface area is 115 Å². The lowest BCUT2D eigenvalue weighted by molar-refractivity contribution is -0.176. The average molecular weight is 301 g/mol. The molecule has 4 N–H and O–H groups in total. The topological polar surface area (TPSA) is 83.6 Å². The lowest BCUT2D eigenvalue weighted by Gasteiger charge is -2.05. The molecule has 19 heavy (non-hydrogen) atoms. The lowest BCUT2D eigenvalue weighted by atomic mass is 10.1. The van der Waals surface area contributed by atoms with E-state index in [0.29, 0.717) is 0 Å². The van der Waals surface area contributed by atoms with Gasteiger partial charge in [-0.2, -0.15) is 13.2 Å². The molecule has 0 radical (unpaired) electrons. The molecule has 0 amide bonds. The molecular weight excluding hydrogens is 283 g/mol. The fraction of sp³-hybridized carbons (Fsp3) is 0.364. The molecule has 8 heteroatoms. The van der Waals surface area contributed by atoms with Gasteiger partial charge in [-0.3, -0.25) is 20.4 Å². The maximum atomic E-state index is 12.0. The summed E-state index contributed by atoms with van der Waals surface area (Å²) < 4.78 is 36.1. The van der Waals surface area contributed by atoms with Gasteiger partial charge in [0.25, 0.3) is 0 Å². The van der Waals surface area contributed by atoms with E-state index in [1.54, 1.807) is 0 Å². The van der Waals surface area contributed by atoms with Crippen LogP contribution in [-0.2, 0) is 6.18 Å². The van der Waals surface area contributed by atoms with Crippen LogP contribution in [0.2, 0.25) is 0 Å². The fourth-order valence-electron chi connectivity index (χ4n) is 0.894. The highest BCUT2D eigenvalue weighted by molar-refractivity contribution is 7.77. The number of rotatable bonds is 1. The third kappa shape index (κ3) is 10.5. The minimum atomic E-state index is -4.34. The Hall–Kier alpha value is -1.09. The van der Waals surface area contributed by atoms with Crippen molar-refractivity contribution in [3.63, 3.8) is 0 Å².